The number of imidazole rings is 1. The van der Waals surface area contributed by atoms with E-state index in [0.717, 1.165) is 40.8 Å². The van der Waals surface area contributed by atoms with Crippen LogP contribution in [0.4, 0.5) is 11.4 Å². The molecule has 7 nitrogen and oxygen atoms in total. The third-order valence-electron chi connectivity index (χ3n) is 6.37. The fraction of sp³-hybridized carbons (Fsp3) is 0.276. The van der Waals surface area contributed by atoms with Crippen molar-refractivity contribution in [3.8, 4) is 5.75 Å². The number of anilines is 2. The predicted molar refractivity (Wildman–Crippen MR) is 142 cm³/mol. The monoisotopic (exact) mass is 482 g/mol. The van der Waals surface area contributed by atoms with Crippen LogP contribution < -0.4 is 15.0 Å². The summed E-state index contributed by atoms with van der Waals surface area (Å²) in [5.41, 5.74) is 5.40. The van der Waals surface area contributed by atoms with Gasteiger partial charge in [-0.25, -0.2) is 4.98 Å². The number of fused-ring (bicyclic) bond motifs is 2. The van der Waals surface area contributed by atoms with Gasteiger partial charge in [0.1, 0.15) is 18.1 Å². The average molecular weight is 483 g/mol. The molecule has 5 rings (SSSR count). The van der Waals surface area contributed by atoms with Gasteiger partial charge >= 0.3 is 0 Å². The van der Waals surface area contributed by atoms with Crippen molar-refractivity contribution in [3.63, 3.8) is 0 Å². The first kappa shape index (κ1) is 23.6. The van der Waals surface area contributed by atoms with E-state index in [4.69, 9.17) is 4.74 Å². The van der Waals surface area contributed by atoms with E-state index in [1.165, 1.54) is 4.90 Å². The highest BCUT2D eigenvalue weighted by Gasteiger charge is 2.29. The highest BCUT2D eigenvalue weighted by molar-refractivity contribution is 6.05. The smallest absolute Gasteiger partial charge is 0.265 e. The Hall–Kier alpha value is -4.13. The van der Waals surface area contributed by atoms with Crippen LogP contribution >= 0.6 is 0 Å². The number of benzene rings is 3. The fourth-order valence-corrected chi connectivity index (χ4v) is 4.38. The molecule has 0 aliphatic carbocycles. The van der Waals surface area contributed by atoms with Gasteiger partial charge in [-0.2, -0.15) is 0 Å². The van der Waals surface area contributed by atoms with E-state index >= 15 is 0 Å². The number of para-hydroxylation sites is 2. The largest absolute Gasteiger partial charge is 0.482 e. The lowest BCUT2D eigenvalue weighted by Gasteiger charge is -2.31. The highest BCUT2D eigenvalue weighted by atomic mass is 16.5. The third kappa shape index (κ3) is 5.10. The summed E-state index contributed by atoms with van der Waals surface area (Å²) in [4.78, 5) is 35.1. The van der Waals surface area contributed by atoms with Crippen LogP contribution in [0.2, 0.25) is 0 Å². The number of H-pyrrole nitrogens is 1. The molecular weight excluding hydrogens is 452 g/mol. The Morgan fingerprint density at radius 3 is 2.69 bits per heavy atom. The van der Waals surface area contributed by atoms with Crippen LogP contribution in [0, 0.1) is 0 Å². The van der Waals surface area contributed by atoms with Gasteiger partial charge in [0.2, 0.25) is 5.91 Å². The first-order valence-corrected chi connectivity index (χ1v) is 12.2. The van der Waals surface area contributed by atoms with Crippen molar-refractivity contribution >= 4 is 34.2 Å². The number of aromatic amines is 1. The first-order valence-electron chi connectivity index (χ1n) is 12.2. The lowest BCUT2D eigenvalue weighted by Crippen LogP contribution is -2.43. The summed E-state index contributed by atoms with van der Waals surface area (Å²) in [6, 6.07) is 21.6. The molecule has 184 valence electrons. The van der Waals surface area contributed by atoms with Crippen LogP contribution in [0.3, 0.4) is 0 Å². The molecule has 7 heteroatoms. The Kier molecular flexibility index (Phi) is 6.22. The Labute approximate surface area is 210 Å². The minimum absolute atomic E-state index is 0.0770. The van der Waals surface area contributed by atoms with E-state index in [2.05, 4.69) is 36.1 Å². The molecule has 0 saturated carbocycles. The maximum atomic E-state index is 12.9. The van der Waals surface area contributed by atoms with Crippen molar-refractivity contribution in [1.29, 1.82) is 0 Å². The molecule has 1 aromatic heterocycles. The number of ether oxygens (including phenoxy) is 1. The number of hydrogen-bond acceptors (Lipinski definition) is 4. The topological polar surface area (TPSA) is 87.3 Å². The van der Waals surface area contributed by atoms with Crippen LogP contribution in [0.15, 0.2) is 66.7 Å². The number of carbonyl (C=O) groups is 2. The Morgan fingerprint density at radius 2 is 1.89 bits per heavy atom. The van der Waals surface area contributed by atoms with Gasteiger partial charge in [-0.05, 0) is 59.4 Å². The quantitative estimate of drug-likeness (QED) is 0.404. The minimum Gasteiger partial charge on any atom is -0.482 e. The number of hydrogen-bond donors (Lipinski definition) is 2. The molecule has 4 aromatic rings. The van der Waals surface area contributed by atoms with Crippen molar-refractivity contribution in [2.45, 2.75) is 39.0 Å². The van der Waals surface area contributed by atoms with Crippen LogP contribution in [-0.4, -0.2) is 34.9 Å². The SMILES string of the molecule is CC(C)(C)c1ccc2c(c1)N(CC(=O)Nc1cccc(CCc3nc4ccccc4[nH]3)c1)C(=O)CO2. The molecule has 2 N–H and O–H groups in total. The number of amides is 2. The summed E-state index contributed by atoms with van der Waals surface area (Å²) in [7, 11) is 0. The van der Waals surface area contributed by atoms with Gasteiger partial charge in [0, 0.05) is 12.1 Å². The fourth-order valence-electron chi connectivity index (χ4n) is 4.38. The van der Waals surface area contributed by atoms with Crippen molar-refractivity contribution < 1.29 is 14.3 Å². The third-order valence-corrected chi connectivity index (χ3v) is 6.37. The molecule has 0 atom stereocenters. The molecule has 0 radical (unpaired) electrons. The summed E-state index contributed by atoms with van der Waals surface area (Å²) >= 11 is 0. The second kappa shape index (κ2) is 9.49. The van der Waals surface area contributed by atoms with Crippen LogP contribution in [0.5, 0.6) is 5.75 Å². The van der Waals surface area contributed by atoms with Crippen LogP contribution in [0.25, 0.3) is 11.0 Å². The Morgan fingerprint density at radius 1 is 1.06 bits per heavy atom. The Balaban J connectivity index is 1.25. The highest BCUT2D eigenvalue weighted by Crippen LogP contribution is 2.36. The molecule has 1 aliphatic rings. The molecule has 1 aliphatic heterocycles. The second-order valence-corrected chi connectivity index (χ2v) is 10.2. The van der Waals surface area contributed by atoms with Gasteiger partial charge in [0.25, 0.3) is 5.91 Å². The number of aryl methyl sites for hydroxylation is 2. The van der Waals surface area contributed by atoms with Crippen molar-refractivity contribution in [2.75, 3.05) is 23.4 Å². The molecule has 0 bridgehead atoms. The normalized spacial score (nSPS) is 13.4. The standard InChI is InChI=1S/C29H30N4O3/c1-29(2,3)20-12-13-25-24(16-20)33(28(35)18-36-25)17-27(34)30-21-8-6-7-19(15-21)11-14-26-31-22-9-4-5-10-23(22)32-26/h4-10,12-13,15-16H,11,14,17-18H2,1-3H3,(H,30,34)(H,31,32). The summed E-state index contributed by atoms with van der Waals surface area (Å²) in [6.45, 7) is 6.17. The molecule has 3 aromatic carbocycles. The van der Waals surface area contributed by atoms with E-state index in [-0.39, 0.29) is 30.4 Å². The molecule has 0 unspecified atom stereocenters. The van der Waals surface area contributed by atoms with Gasteiger partial charge in [-0.15, -0.1) is 0 Å². The van der Waals surface area contributed by atoms with E-state index < -0.39 is 0 Å². The van der Waals surface area contributed by atoms with Gasteiger partial charge in [0.15, 0.2) is 6.61 Å². The van der Waals surface area contributed by atoms with E-state index in [1.807, 2.05) is 66.7 Å². The molecule has 0 fully saturated rings. The van der Waals surface area contributed by atoms with Crippen molar-refractivity contribution in [2.24, 2.45) is 0 Å². The average Bonchev–Trinajstić information content (AvgIpc) is 3.27. The number of nitrogens with one attached hydrogen (secondary N) is 2. The molecule has 2 amide bonds. The lowest BCUT2D eigenvalue weighted by atomic mass is 9.86. The molecule has 2 heterocycles. The van der Waals surface area contributed by atoms with E-state index in [1.54, 1.807) is 0 Å². The van der Waals surface area contributed by atoms with Crippen LogP contribution in [0.1, 0.15) is 37.7 Å². The molecular formula is C29H30N4O3. The molecule has 0 saturated heterocycles. The van der Waals surface area contributed by atoms with Crippen molar-refractivity contribution in [1.82, 2.24) is 9.97 Å². The molecule has 36 heavy (non-hydrogen) atoms. The number of rotatable bonds is 6. The van der Waals surface area contributed by atoms with Gasteiger partial charge in [-0.1, -0.05) is 51.1 Å². The number of carbonyl (C=O) groups excluding carboxylic acids is 2. The van der Waals surface area contributed by atoms with Crippen molar-refractivity contribution in [3.05, 3.63) is 83.7 Å². The van der Waals surface area contributed by atoms with Gasteiger partial charge in [0.05, 0.1) is 16.7 Å². The summed E-state index contributed by atoms with van der Waals surface area (Å²) in [5.74, 6) is 1.06. The predicted octanol–water partition coefficient (Wildman–Crippen LogP) is 5.01. The summed E-state index contributed by atoms with van der Waals surface area (Å²) in [5, 5.41) is 2.95. The van der Waals surface area contributed by atoms with Gasteiger partial charge < -0.3 is 15.0 Å². The molecule has 0 spiro atoms. The lowest BCUT2D eigenvalue weighted by molar-refractivity contribution is -0.123. The first-order chi connectivity index (χ1) is 17.3. The Bertz CT molecular complexity index is 1400. The van der Waals surface area contributed by atoms with E-state index in [0.29, 0.717) is 17.1 Å². The second-order valence-electron chi connectivity index (χ2n) is 10.2. The summed E-state index contributed by atoms with van der Waals surface area (Å²) in [6.07, 6.45) is 1.55. The van der Waals surface area contributed by atoms with Crippen LogP contribution in [-0.2, 0) is 27.8 Å². The van der Waals surface area contributed by atoms with Gasteiger partial charge in [-0.3, -0.25) is 14.5 Å². The maximum Gasteiger partial charge on any atom is 0.265 e. The number of nitrogens with zero attached hydrogens (tertiary/aromatic N) is 2. The number of aromatic nitrogens is 2. The zero-order valence-electron chi connectivity index (χ0n) is 20.8. The zero-order chi connectivity index (χ0) is 25.3. The zero-order valence-corrected chi connectivity index (χ0v) is 20.8. The van der Waals surface area contributed by atoms with E-state index in [9.17, 15) is 9.59 Å². The minimum atomic E-state index is -0.258. The summed E-state index contributed by atoms with van der Waals surface area (Å²) < 4.78 is 5.60. The maximum absolute atomic E-state index is 12.9.